The van der Waals surface area contributed by atoms with Crippen molar-refractivity contribution in [1.29, 1.82) is 0 Å². The van der Waals surface area contributed by atoms with Crippen LogP contribution < -0.4 is 9.47 Å². The SMILES string of the molecule is CC(=O)CCC(=O)c1cc(Cl)ccc1OCc1cccc(F)c1F.COC(=O)c1cc(-n2c(C)ccc2-c2cc(Cl)ccc2OCc2cccc(F)c2F)cc(C(F)(F)F)c1. The number of nitrogens with zero attached hydrogens (tertiary/aromatic N) is 1. The Kier molecular flexibility index (Phi) is 15.0. The number of ether oxygens (including phenoxy) is 3. The molecule has 0 fully saturated rings. The van der Waals surface area contributed by atoms with Crippen LogP contribution in [-0.4, -0.2) is 29.2 Å². The van der Waals surface area contributed by atoms with E-state index in [1.54, 1.807) is 25.1 Å². The molecule has 0 amide bonds. The molecule has 6 rings (SSSR count). The number of hydrogen-bond acceptors (Lipinski definition) is 6. The van der Waals surface area contributed by atoms with Crippen LogP contribution in [0.4, 0.5) is 30.7 Å². The number of halogens is 9. The van der Waals surface area contributed by atoms with Gasteiger partial charge in [0.1, 0.15) is 30.5 Å². The number of ketones is 2. The molecule has 6 aromatic rings. The standard InChI is InChI=1S/C27H19ClF5NO3.C18H15ClF2O3/c1-15-6-8-23(34(15)20-11-17(26(35)36-2)10-18(12-20)27(31,32)33)21-13-19(28)7-9-24(21)37-14-16-4-3-5-22(29)25(16)30;1-11(22)5-7-16(23)14-9-13(19)6-8-17(14)24-10-12-3-2-4-15(20)18(12)21/h3-13H,14H2,1-2H3;2-4,6,8-9H,5,7,10H2,1H3. The van der Waals surface area contributed by atoms with Gasteiger partial charge in [0, 0.05) is 51.0 Å². The number of methoxy groups -OCH3 is 1. The first-order valence-electron chi connectivity index (χ1n) is 18.1. The molecule has 1 aromatic heterocycles. The van der Waals surface area contributed by atoms with E-state index in [4.69, 9.17) is 32.7 Å². The van der Waals surface area contributed by atoms with Crippen LogP contribution in [0.5, 0.6) is 11.5 Å². The molecule has 0 aliphatic carbocycles. The maximum absolute atomic E-state index is 14.1. The van der Waals surface area contributed by atoms with Gasteiger partial charge in [-0.15, -0.1) is 0 Å². The first kappa shape index (κ1) is 46.0. The van der Waals surface area contributed by atoms with E-state index in [9.17, 15) is 45.1 Å². The van der Waals surface area contributed by atoms with Crippen molar-refractivity contribution in [2.75, 3.05) is 7.11 Å². The molecule has 0 radical (unpaired) electrons. The molecule has 0 saturated heterocycles. The van der Waals surface area contributed by atoms with Gasteiger partial charge >= 0.3 is 12.1 Å². The number of hydrogen-bond donors (Lipinski definition) is 0. The number of Topliss-reactive ketones (excluding diaryl/α,β-unsaturated/α-hetero) is 2. The highest BCUT2D eigenvalue weighted by atomic mass is 35.5. The molecule has 7 nitrogen and oxygen atoms in total. The third-order valence-electron chi connectivity index (χ3n) is 8.99. The number of carbonyl (C=O) groups excluding carboxylic acids is 3. The highest BCUT2D eigenvalue weighted by molar-refractivity contribution is 6.31. The van der Waals surface area contributed by atoms with Crippen molar-refractivity contribution in [2.45, 2.75) is 46.1 Å². The molecule has 0 N–H and O–H groups in total. The summed E-state index contributed by atoms with van der Waals surface area (Å²) < 4.78 is 113. The van der Waals surface area contributed by atoms with E-state index in [0.717, 1.165) is 31.4 Å². The van der Waals surface area contributed by atoms with Crippen LogP contribution in [0.25, 0.3) is 16.9 Å². The summed E-state index contributed by atoms with van der Waals surface area (Å²) in [6.45, 7) is 2.52. The van der Waals surface area contributed by atoms with E-state index in [0.29, 0.717) is 27.0 Å². The molecule has 0 unspecified atom stereocenters. The molecular formula is C45H34Cl2F7NO6. The smallest absolute Gasteiger partial charge is 0.416 e. The lowest BCUT2D eigenvalue weighted by Gasteiger charge is -2.18. The van der Waals surface area contributed by atoms with Gasteiger partial charge in [-0.1, -0.05) is 47.5 Å². The summed E-state index contributed by atoms with van der Waals surface area (Å²) in [6, 6.07) is 22.8. The van der Waals surface area contributed by atoms with Crippen molar-refractivity contribution in [3.63, 3.8) is 0 Å². The van der Waals surface area contributed by atoms with Crippen LogP contribution in [0.15, 0.2) is 103 Å². The first-order valence-corrected chi connectivity index (χ1v) is 18.9. The van der Waals surface area contributed by atoms with Gasteiger partial charge < -0.3 is 23.6 Å². The predicted molar refractivity (Wildman–Crippen MR) is 214 cm³/mol. The topological polar surface area (TPSA) is 83.8 Å². The van der Waals surface area contributed by atoms with Gasteiger partial charge in [0.15, 0.2) is 29.1 Å². The van der Waals surface area contributed by atoms with Crippen LogP contribution in [0.2, 0.25) is 10.0 Å². The third-order valence-corrected chi connectivity index (χ3v) is 9.46. The van der Waals surface area contributed by atoms with Crippen molar-refractivity contribution < 1.29 is 59.3 Å². The van der Waals surface area contributed by atoms with Crippen LogP contribution in [0.1, 0.15) is 62.9 Å². The fourth-order valence-electron chi connectivity index (χ4n) is 5.96. The minimum absolute atomic E-state index is 0.0203. The highest BCUT2D eigenvalue weighted by Gasteiger charge is 2.32. The van der Waals surface area contributed by atoms with Crippen LogP contribution in [0, 0.1) is 30.2 Å². The Bertz CT molecular complexity index is 2590. The van der Waals surface area contributed by atoms with Crippen molar-refractivity contribution >= 4 is 40.7 Å². The predicted octanol–water partition coefficient (Wildman–Crippen LogP) is 12.5. The van der Waals surface area contributed by atoms with E-state index in [1.165, 1.54) is 72.2 Å². The summed E-state index contributed by atoms with van der Waals surface area (Å²) in [5, 5.41) is 0.648. The van der Waals surface area contributed by atoms with Gasteiger partial charge in [-0.25, -0.2) is 22.4 Å². The molecule has 0 atom stereocenters. The van der Waals surface area contributed by atoms with E-state index in [-0.39, 0.29) is 77.1 Å². The van der Waals surface area contributed by atoms with E-state index >= 15 is 0 Å². The Morgan fingerprint density at radius 1 is 0.689 bits per heavy atom. The van der Waals surface area contributed by atoms with Gasteiger partial charge in [0.05, 0.1) is 29.5 Å². The monoisotopic (exact) mass is 887 g/mol. The maximum atomic E-state index is 14.1. The molecule has 0 bridgehead atoms. The second-order valence-electron chi connectivity index (χ2n) is 13.4. The lowest BCUT2D eigenvalue weighted by molar-refractivity contribution is -0.137. The summed E-state index contributed by atoms with van der Waals surface area (Å²) in [5.41, 5.74) is 0.284. The second kappa shape index (κ2) is 20.0. The van der Waals surface area contributed by atoms with Gasteiger partial charge in [0.2, 0.25) is 0 Å². The van der Waals surface area contributed by atoms with Gasteiger partial charge in [0.25, 0.3) is 0 Å². The van der Waals surface area contributed by atoms with Crippen LogP contribution in [-0.2, 0) is 28.9 Å². The average Bonchev–Trinajstić information content (AvgIpc) is 3.61. The molecule has 0 aliphatic heterocycles. The summed E-state index contributed by atoms with van der Waals surface area (Å²) in [7, 11) is 1.08. The maximum Gasteiger partial charge on any atom is 0.416 e. The minimum Gasteiger partial charge on any atom is -0.488 e. The lowest BCUT2D eigenvalue weighted by atomic mass is 10.0. The Morgan fingerprint density at radius 2 is 1.26 bits per heavy atom. The number of benzene rings is 5. The first-order chi connectivity index (χ1) is 28.9. The lowest BCUT2D eigenvalue weighted by Crippen LogP contribution is -2.11. The highest BCUT2D eigenvalue weighted by Crippen LogP contribution is 2.38. The zero-order valence-electron chi connectivity index (χ0n) is 32.4. The fraction of sp³-hybridized carbons (Fsp3) is 0.178. The summed E-state index contributed by atoms with van der Waals surface area (Å²) >= 11 is 12.1. The number of aryl methyl sites for hydroxylation is 1. The largest absolute Gasteiger partial charge is 0.488 e. The fourth-order valence-corrected chi connectivity index (χ4v) is 6.30. The van der Waals surface area contributed by atoms with Crippen LogP contribution in [0.3, 0.4) is 0 Å². The number of alkyl halides is 3. The molecule has 0 aliphatic rings. The molecule has 1 heterocycles. The molecule has 16 heteroatoms. The van der Waals surface area contributed by atoms with Gasteiger partial charge in [-0.2, -0.15) is 13.2 Å². The average molecular weight is 889 g/mol. The molecule has 318 valence electrons. The summed E-state index contributed by atoms with van der Waals surface area (Å²) in [4.78, 5) is 35.4. The second-order valence-corrected chi connectivity index (χ2v) is 14.2. The number of esters is 1. The molecule has 0 spiro atoms. The number of rotatable bonds is 13. The number of aromatic nitrogens is 1. The molecule has 0 saturated carbocycles. The van der Waals surface area contributed by atoms with Crippen molar-refractivity contribution in [3.8, 4) is 28.4 Å². The van der Waals surface area contributed by atoms with Gasteiger partial charge in [-0.3, -0.25) is 4.79 Å². The molecule has 5 aromatic carbocycles. The number of carbonyl (C=O) groups is 3. The van der Waals surface area contributed by atoms with Crippen molar-refractivity contribution in [3.05, 3.63) is 170 Å². The Balaban J connectivity index is 0.000000254. The van der Waals surface area contributed by atoms with Crippen molar-refractivity contribution in [2.24, 2.45) is 0 Å². The summed E-state index contributed by atoms with van der Waals surface area (Å²) in [5.74, 6) is -4.92. The molecule has 61 heavy (non-hydrogen) atoms. The van der Waals surface area contributed by atoms with E-state index in [2.05, 4.69) is 4.74 Å². The zero-order valence-corrected chi connectivity index (χ0v) is 34.0. The third kappa shape index (κ3) is 11.6. The Hall–Kier alpha value is -6.12. The Labute approximate surface area is 355 Å². The van der Waals surface area contributed by atoms with Gasteiger partial charge in [-0.05, 0) is 92.7 Å². The zero-order chi connectivity index (χ0) is 44.6. The molecular weight excluding hydrogens is 854 g/mol. The summed E-state index contributed by atoms with van der Waals surface area (Å²) in [6.07, 6.45) is -4.58. The van der Waals surface area contributed by atoms with Crippen molar-refractivity contribution in [1.82, 2.24) is 4.57 Å². The normalized spacial score (nSPS) is 11.1. The Morgan fingerprint density at radius 3 is 1.84 bits per heavy atom. The van der Waals surface area contributed by atoms with Crippen LogP contribution >= 0.6 is 23.2 Å². The quantitative estimate of drug-likeness (QED) is 0.0652. The van der Waals surface area contributed by atoms with E-state index < -0.39 is 41.0 Å². The minimum atomic E-state index is -4.72. The van der Waals surface area contributed by atoms with E-state index in [1.807, 2.05) is 0 Å².